The monoisotopic (exact) mass is 554 g/mol. The molecule has 1 fully saturated rings. The number of carbonyl (C=O) groups is 3. The van der Waals surface area contributed by atoms with Crippen molar-refractivity contribution in [2.24, 2.45) is 5.41 Å². The molecule has 1 atom stereocenters. The molecule has 36 heavy (non-hydrogen) atoms. The van der Waals surface area contributed by atoms with Crippen molar-refractivity contribution in [1.29, 1.82) is 0 Å². The molecule has 1 unspecified atom stereocenters. The number of ether oxygens (including phenoxy) is 1. The maximum Gasteiger partial charge on any atom is 0.255 e. The largest absolute Gasteiger partial charge is 0.489 e. The number of para-hydroxylation sites is 1. The van der Waals surface area contributed by atoms with Crippen LogP contribution in [0.15, 0.2) is 65.2 Å². The van der Waals surface area contributed by atoms with Crippen LogP contribution in [-0.4, -0.2) is 62.0 Å². The van der Waals surface area contributed by atoms with Crippen LogP contribution in [0.3, 0.4) is 0 Å². The number of amides is 3. The lowest BCUT2D eigenvalue weighted by Gasteiger charge is -2.41. The number of allylic oxidation sites excluding steroid dienone is 1. The van der Waals surface area contributed by atoms with Crippen LogP contribution in [0.25, 0.3) is 0 Å². The standard InChI is InChI=1S/C27H31BrN4O4/c28-20-8-10-21(11-9-20)31-24(33)18-32-16-5-13-27(19-32)12-3-4-17-36-23-7-2-1-6-22(23)25(34)29-14-15-30-26(27)35/h1-4,6-11H,5,12-19H2,(H,29,34)(H,30,35)(H,31,33). The highest BCUT2D eigenvalue weighted by molar-refractivity contribution is 9.10. The van der Waals surface area contributed by atoms with E-state index in [1.807, 2.05) is 47.4 Å². The number of piperidine rings is 1. The molecule has 8 nitrogen and oxygen atoms in total. The summed E-state index contributed by atoms with van der Waals surface area (Å²) in [4.78, 5) is 40.7. The van der Waals surface area contributed by atoms with Gasteiger partial charge in [-0.2, -0.15) is 0 Å². The van der Waals surface area contributed by atoms with Crippen LogP contribution in [0.5, 0.6) is 5.75 Å². The number of halogens is 1. The Morgan fingerprint density at radius 3 is 2.67 bits per heavy atom. The molecule has 2 aromatic carbocycles. The van der Waals surface area contributed by atoms with Crippen molar-refractivity contribution in [2.75, 3.05) is 44.6 Å². The quantitative estimate of drug-likeness (QED) is 0.505. The number of nitrogens with zero attached hydrogens (tertiary/aromatic N) is 1. The second-order valence-corrected chi connectivity index (χ2v) is 10.1. The smallest absolute Gasteiger partial charge is 0.255 e. The molecule has 2 aliphatic heterocycles. The Kier molecular flexibility index (Phi) is 8.77. The topological polar surface area (TPSA) is 99.8 Å². The van der Waals surface area contributed by atoms with Crippen LogP contribution in [0.1, 0.15) is 29.6 Å². The summed E-state index contributed by atoms with van der Waals surface area (Å²) in [5.74, 6) is 0.117. The maximum absolute atomic E-state index is 13.4. The van der Waals surface area contributed by atoms with Gasteiger partial charge in [0.1, 0.15) is 12.4 Å². The molecule has 0 aliphatic carbocycles. The molecule has 1 saturated heterocycles. The predicted octanol–water partition coefficient (Wildman–Crippen LogP) is 3.35. The molecule has 0 aromatic heterocycles. The number of anilines is 1. The third kappa shape index (κ3) is 6.73. The fourth-order valence-corrected chi connectivity index (χ4v) is 4.94. The number of fused-ring (bicyclic) bond motifs is 1. The highest BCUT2D eigenvalue weighted by Gasteiger charge is 2.41. The zero-order valence-electron chi connectivity index (χ0n) is 20.1. The van der Waals surface area contributed by atoms with E-state index in [9.17, 15) is 14.4 Å². The van der Waals surface area contributed by atoms with E-state index in [2.05, 4.69) is 31.9 Å². The Balaban J connectivity index is 1.43. The number of nitrogens with one attached hydrogen (secondary N) is 3. The molecular formula is C27H31BrN4O4. The van der Waals surface area contributed by atoms with E-state index in [1.165, 1.54) is 0 Å². The minimum absolute atomic E-state index is 0.0576. The molecule has 0 saturated carbocycles. The third-order valence-corrected chi connectivity index (χ3v) is 7.00. The number of carbonyl (C=O) groups excluding carboxylic acids is 3. The van der Waals surface area contributed by atoms with E-state index in [-0.39, 0.29) is 24.3 Å². The van der Waals surface area contributed by atoms with Crippen LogP contribution < -0.4 is 20.7 Å². The van der Waals surface area contributed by atoms with Gasteiger partial charge in [0.2, 0.25) is 11.8 Å². The molecule has 9 heteroatoms. The molecular weight excluding hydrogens is 524 g/mol. The predicted molar refractivity (Wildman–Crippen MR) is 142 cm³/mol. The minimum Gasteiger partial charge on any atom is -0.489 e. The first kappa shape index (κ1) is 25.9. The lowest BCUT2D eigenvalue weighted by atomic mass is 9.76. The first-order chi connectivity index (χ1) is 17.4. The van der Waals surface area contributed by atoms with Crippen molar-refractivity contribution >= 4 is 39.3 Å². The lowest BCUT2D eigenvalue weighted by molar-refractivity contribution is -0.135. The van der Waals surface area contributed by atoms with Gasteiger partial charge in [-0.1, -0.05) is 40.2 Å². The Morgan fingerprint density at radius 1 is 1.06 bits per heavy atom. The van der Waals surface area contributed by atoms with Crippen molar-refractivity contribution in [3.8, 4) is 5.75 Å². The van der Waals surface area contributed by atoms with Crippen molar-refractivity contribution < 1.29 is 19.1 Å². The third-order valence-electron chi connectivity index (χ3n) is 6.47. The minimum atomic E-state index is -0.654. The van der Waals surface area contributed by atoms with E-state index in [4.69, 9.17) is 4.74 Å². The van der Waals surface area contributed by atoms with Gasteiger partial charge in [-0.3, -0.25) is 19.3 Å². The number of benzene rings is 2. The van der Waals surface area contributed by atoms with E-state index in [0.29, 0.717) is 44.0 Å². The van der Waals surface area contributed by atoms with E-state index in [1.54, 1.807) is 18.2 Å². The Bertz CT molecular complexity index is 1120. The molecule has 0 radical (unpaired) electrons. The molecule has 1 spiro atoms. The van der Waals surface area contributed by atoms with Gasteiger partial charge in [-0.05, 0) is 62.2 Å². The number of rotatable bonds is 3. The van der Waals surface area contributed by atoms with Crippen molar-refractivity contribution in [2.45, 2.75) is 19.3 Å². The average molecular weight is 555 g/mol. The van der Waals surface area contributed by atoms with E-state index >= 15 is 0 Å². The summed E-state index contributed by atoms with van der Waals surface area (Å²) in [5, 5.41) is 8.79. The molecule has 2 aliphatic rings. The summed E-state index contributed by atoms with van der Waals surface area (Å²) in [6.07, 6.45) is 5.94. The summed E-state index contributed by atoms with van der Waals surface area (Å²) < 4.78 is 6.77. The Labute approximate surface area is 219 Å². The van der Waals surface area contributed by atoms with Crippen LogP contribution in [0.2, 0.25) is 0 Å². The highest BCUT2D eigenvalue weighted by atomic mass is 79.9. The van der Waals surface area contributed by atoms with Gasteiger partial charge >= 0.3 is 0 Å². The number of hydrogen-bond acceptors (Lipinski definition) is 5. The SMILES string of the molecule is O=C(CN1CCCC2(CC=CCOc3ccccc3C(=O)NCCNC2=O)C1)Nc1ccc(Br)cc1. The zero-order chi connectivity index (χ0) is 25.4. The van der Waals surface area contributed by atoms with Crippen LogP contribution in [-0.2, 0) is 9.59 Å². The zero-order valence-corrected chi connectivity index (χ0v) is 21.7. The molecule has 4 rings (SSSR count). The van der Waals surface area contributed by atoms with E-state index in [0.717, 1.165) is 29.5 Å². The van der Waals surface area contributed by atoms with Crippen LogP contribution in [0, 0.1) is 5.41 Å². The van der Waals surface area contributed by atoms with Gasteiger partial charge < -0.3 is 20.7 Å². The summed E-state index contributed by atoms with van der Waals surface area (Å²) in [5.41, 5.74) is 0.547. The molecule has 2 aromatic rings. The second-order valence-electron chi connectivity index (χ2n) is 9.14. The maximum atomic E-state index is 13.4. The summed E-state index contributed by atoms with van der Waals surface area (Å²) >= 11 is 3.39. The molecule has 0 bridgehead atoms. The summed E-state index contributed by atoms with van der Waals surface area (Å²) in [6.45, 7) is 2.37. The highest BCUT2D eigenvalue weighted by Crippen LogP contribution is 2.34. The normalized spacial score (nSPS) is 21.5. The summed E-state index contributed by atoms with van der Waals surface area (Å²) in [7, 11) is 0. The van der Waals surface area contributed by atoms with Crippen LogP contribution >= 0.6 is 15.9 Å². The second kappa shape index (κ2) is 12.2. The number of hydrogen-bond donors (Lipinski definition) is 3. The fourth-order valence-electron chi connectivity index (χ4n) is 4.67. The molecule has 3 amide bonds. The van der Waals surface area contributed by atoms with Gasteiger partial charge in [0, 0.05) is 29.8 Å². The molecule has 190 valence electrons. The van der Waals surface area contributed by atoms with Gasteiger partial charge in [0.05, 0.1) is 17.5 Å². The van der Waals surface area contributed by atoms with Gasteiger partial charge in [-0.15, -0.1) is 0 Å². The molecule has 2 heterocycles. The van der Waals surface area contributed by atoms with Gasteiger partial charge in [0.25, 0.3) is 5.91 Å². The molecule has 3 N–H and O–H groups in total. The Hall–Kier alpha value is -3.17. The van der Waals surface area contributed by atoms with Crippen LogP contribution in [0.4, 0.5) is 5.69 Å². The van der Waals surface area contributed by atoms with Crippen molar-refractivity contribution in [3.05, 3.63) is 70.7 Å². The average Bonchev–Trinajstić information content (AvgIpc) is 2.87. The van der Waals surface area contributed by atoms with Crippen molar-refractivity contribution in [3.63, 3.8) is 0 Å². The first-order valence-electron chi connectivity index (χ1n) is 12.2. The Morgan fingerprint density at radius 2 is 1.83 bits per heavy atom. The number of likely N-dealkylation sites (tertiary alicyclic amines) is 1. The lowest BCUT2D eigenvalue weighted by Crippen LogP contribution is -2.53. The summed E-state index contributed by atoms with van der Waals surface area (Å²) in [6, 6.07) is 14.6. The fraction of sp³-hybridized carbons (Fsp3) is 0.370. The van der Waals surface area contributed by atoms with E-state index < -0.39 is 5.41 Å². The van der Waals surface area contributed by atoms with Gasteiger partial charge in [0.15, 0.2) is 0 Å². The first-order valence-corrected chi connectivity index (χ1v) is 13.0. The van der Waals surface area contributed by atoms with Crippen molar-refractivity contribution in [1.82, 2.24) is 15.5 Å². The van der Waals surface area contributed by atoms with Gasteiger partial charge in [-0.25, -0.2) is 0 Å².